The van der Waals surface area contributed by atoms with Crippen LogP contribution in [0.25, 0.3) is 0 Å². The van der Waals surface area contributed by atoms with Gasteiger partial charge in [0.25, 0.3) is 0 Å². The third-order valence-corrected chi connectivity index (χ3v) is 4.40. The van der Waals surface area contributed by atoms with Crippen LogP contribution in [-0.4, -0.2) is 23.0 Å². The quantitative estimate of drug-likeness (QED) is 0.826. The van der Waals surface area contributed by atoms with Gasteiger partial charge >= 0.3 is 0 Å². The van der Waals surface area contributed by atoms with Gasteiger partial charge in [-0.3, -0.25) is 4.90 Å². The van der Waals surface area contributed by atoms with Gasteiger partial charge in [-0.15, -0.1) is 0 Å². The number of hydrogen-bond acceptors (Lipinski definition) is 3. The van der Waals surface area contributed by atoms with Crippen molar-refractivity contribution in [1.82, 2.24) is 9.88 Å². The van der Waals surface area contributed by atoms with Gasteiger partial charge in [0.1, 0.15) is 6.61 Å². The molecule has 3 rings (SSSR count). The van der Waals surface area contributed by atoms with E-state index in [1.54, 1.807) is 0 Å². The highest BCUT2D eigenvalue weighted by atomic mass is 16.5. The number of rotatable bonds is 5. The van der Waals surface area contributed by atoms with E-state index >= 15 is 0 Å². The Hall–Kier alpha value is -1.87. The van der Waals surface area contributed by atoms with Crippen LogP contribution in [0.3, 0.4) is 0 Å². The summed E-state index contributed by atoms with van der Waals surface area (Å²) in [7, 11) is 0. The Kier molecular flexibility index (Phi) is 5.07. The summed E-state index contributed by atoms with van der Waals surface area (Å²) in [6.45, 7) is 5.06. The third kappa shape index (κ3) is 3.47. The van der Waals surface area contributed by atoms with Gasteiger partial charge in [0.15, 0.2) is 0 Å². The zero-order valence-electron chi connectivity index (χ0n) is 13.2. The van der Waals surface area contributed by atoms with Crippen LogP contribution >= 0.6 is 0 Å². The Bertz CT molecular complexity index is 585. The van der Waals surface area contributed by atoms with Crippen molar-refractivity contribution >= 4 is 0 Å². The van der Waals surface area contributed by atoms with E-state index in [1.807, 2.05) is 30.5 Å². The Morgan fingerprint density at radius 1 is 1.14 bits per heavy atom. The highest BCUT2D eigenvalue weighted by Gasteiger charge is 2.25. The summed E-state index contributed by atoms with van der Waals surface area (Å²) in [5.41, 5.74) is 2.41. The van der Waals surface area contributed by atoms with Crippen molar-refractivity contribution < 1.29 is 4.74 Å². The molecule has 0 bridgehead atoms. The lowest BCUT2D eigenvalue weighted by Gasteiger charge is -2.35. The van der Waals surface area contributed by atoms with Gasteiger partial charge in [-0.25, -0.2) is 4.98 Å². The summed E-state index contributed by atoms with van der Waals surface area (Å²) in [6, 6.07) is 14.9. The minimum absolute atomic E-state index is 0.443. The van der Waals surface area contributed by atoms with Crippen LogP contribution in [0.5, 0.6) is 5.88 Å². The largest absolute Gasteiger partial charge is 0.473 e. The monoisotopic (exact) mass is 296 g/mol. The van der Waals surface area contributed by atoms with Crippen LogP contribution < -0.4 is 4.74 Å². The number of nitrogens with zero attached hydrogens (tertiary/aromatic N) is 2. The first kappa shape index (κ1) is 15.0. The van der Waals surface area contributed by atoms with Crippen molar-refractivity contribution in [2.24, 2.45) is 0 Å². The van der Waals surface area contributed by atoms with Crippen LogP contribution in [0.4, 0.5) is 0 Å². The molecule has 0 saturated carbocycles. The topological polar surface area (TPSA) is 25.4 Å². The van der Waals surface area contributed by atoms with E-state index in [-0.39, 0.29) is 0 Å². The number of likely N-dealkylation sites (tertiary alicyclic amines) is 1. The molecule has 1 aliphatic heterocycles. The lowest BCUT2D eigenvalue weighted by Crippen LogP contribution is -2.33. The second kappa shape index (κ2) is 7.41. The highest BCUT2D eigenvalue weighted by Crippen LogP contribution is 2.34. The van der Waals surface area contributed by atoms with Crippen molar-refractivity contribution in [3.63, 3.8) is 0 Å². The van der Waals surface area contributed by atoms with E-state index in [4.69, 9.17) is 4.74 Å². The fourth-order valence-electron chi connectivity index (χ4n) is 3.23. The van der Waals surface area contributed by atoms with Crippen molar-refractivity contribution in [1.29, 1.82) is 0 Å². The Labute approximate surface area is 132 Å². The number of pyridine rings is 1. The minimum Gasteiger partial charge on any atom is -0.473 e. The first-order valence-corrected chi connectivity index (χ1v) is 8.24. The number of aromatic nitrogens is 1. The molecule has 3 heteroatoms. The summed E-state index contributed by atoms with van der Waals surface area (Å²) in [5.74, 6) is 0.789. The number of benzene rings is 1. The molecule has 2 heterocycles. The smallest absolute Gasteiger partial charge is 0.218 e. The summed E-state index contributed by atoms with van der Waals surface area (Å²) in [5, 5.41) is 0. The molecule has 0 aliphatic carbocycles. The standard InChI is InChI=1S/C19H24N2O/c1-2-21-14-7-6-12-18(21)17-11-8-13-20-19(17)22-15-16-9-4-3-5-10-16/h3-5,8-11,13,18H,2,6-7,12,14-15H2,1H3/t18-/m0/s1. The van der Waals surface area contributed by atoms with Gasteiger partial charge in [-0.2, -0.15) is 0 Å². The van der Waals surface area contributed by atoms with Crippen LogP contribution in [-0.2, 0) is 6.61 Å². The molecule has 0 spiro atoms. The molecule has 0 radical (unpaired) electrons. The molecule has 1 atom stereocenters. The predicted molar refractivity (Wildman–Crippen MR) is 88.9 cm³/mol. The Morgan fingerprint density at radius 3 is 2.82 bits per heavy atom. The fraction of sp³-hybridized carbons (Fsp3) is 0.421. The molecule has 1 aromatic heterocycles. The van der Waals surface area contributed by atoms with Crippen LogP contribution in [0.1, 0.15) is 43.4 Å². The predicted octanol–water partition coefficient (Wildman–Crippen LogP) is 4.21. The van der Waals surface area contributed by atoms with E-state index < -0.39 is 0 Å². The SMILES string of the molecule is CCN1CCCC[C@H]1c1cccnc1OCc1ccccc1. The molecule has 116 valence electrons. The maximum Gasteiger partial charge on any atom is 0.218 e. The molecule has 1 aromatic carbocycles. The Balaban J connectivity index is 1.77. The second-order valence-electron chi connectivity index (χ2n) is 5.81. The van der Waals surface area contributed by atoms with E-state index in [0.717, 1.165) is 12.4 Å². The molecule has 3 nitrogen and oxygen atoms in total. The summed E-state index contributed by atoms with van der Waals surface area (Å²) in [4.78, 5) is 7.03. The summed E-state index contributed by atoms with van der Waals surface area (Å²) in [6.07, 6.45) is 5.60. The first-order valence-electron chi connectivity index (χ1n) is 8.24. The van der Waals surface area contributed by atoms with E-state index in [2.05, 4.69) is 35.0 Å². The molecule has 22 heavy (non-hydrogen) atoms. The van der Waals surface area contributed by atoms with Crippen LogP contribution in [0.2, 0.25) is 0 Å². The molecular formula is C19H24N2O. The van der Waals surface area contributed by atoms with E-state index in [9.17, 15) is 0 Å². The summed E-state index contributed by atoms with van der Waals surface area (Å²) >= 11 is 0. The maximum absolute atomic E-state index is 6.03. The van der Waals surface area contributed by atoms with Crippen molar-refractivity contribution in [2.75, 3.05) is 13.1 Å². The maximum atomic E-state index is 6.03. The number of hydrogen-bond donors (Lipinski definition) is 0. The first-order chi connectivity index (χ1) is 10.9. The molecule has 1 saturated heterocycles. The van der Waals surface area contributed by atoms with Crippen molar-refractivity contribution in [2.45, 2.75) is 38.8 Å². The average molecular weight is 296 g/mol. The third-order valence-electron chi connectivity index (χ3n) is 4.40. The zero-order valence-corrected chi connectivity index (χ0v) is 13.2. The van der Waals surface area contributed by atoms with Gasteiger partial charge in [0.2, 0.25) is 5.88 Å². The lowest BCUT2D eigenvalue weighted by molar-refractivity contribution is 0.151. The molecule has 0 amide bonds. The molecular weight excluding hydrogens is 272 g/mol. The van der Waals surface area contributed by atoms with Gasteiger partial charge in [0, 0.05) is 17.8 Å². The highest BCUT2D eigenvalue weighted by molar-refractivity contribution is 5.30. The molecule has 1 fully saturated rings. The number of piperidine rings is 1. The fourth-order valence-corrected chi connectivity index (χ4v) is 3.23. The van der Waals surface area contributed by atoms with Crippen LogP contribution in [0, 0.1) is 0 Å². The number of ether oxygens (including phenoxy) is 1. The van der Waals surface area contributed by atoms with Crippen molar-refractivity contribution in [3.05, 3.63) is 59.8 Å². The van der Waals surface area contributed by atoms with Gasteiger partial charge in [0.05, 0.1) is 0 Å². The van der Waals surface area contributed by atoms with Crippen molar-refractivity contribution in [3.8, 4) is 5.88 Å². The summed E-state index contributed by atoms with van der Waals surface area (Å²) < 4.78 is 6.03. The second-order valence-corrected chi connectivity index (χ2v) is 5.81. The van der Waals surface area contributed by atoms with Gasteiger partial charge < -0.3 is 4.74 Å². The minimum atomic E-state index is 0.443. The zero-order chi connectivity index (χ0) is 15.2. The molecule has 0 unspecified atom stereocenters. The van der Waals surface area contributed by atoms with Gasteiger partial charge in [-0.1, -0.05) is 49.7 Å². The van der Waals surface area contributed by atoms with E-state index in [0.29, 0.717) is 12.6 Å². The van der Waals surface area contributed by atoms with Crippen LogP contribution in [0.15, 0.2) is 48.7 Å². The molecule has 2 aromatic rings. The van der Waals surface area contributed by atoms with E-state index in [1.165, 1.54) is 36.9 Å². The average Bonchev–Trinajstić information content (AvgIpc) is 2.61. The molecule has 1 aliphatic rings. The normalized spacial score (nSPS) is 19.0. The van der Waals surface area contributed by atoms with Gasteiger partial charge in [-0.05, 0) is 37.6 Å². The lowest BCUT2D eigenvalue weighted by atomic mass is 9.96. The molecule has 0 N–H and O–H groups in total. The Morgan fingerprint density at radius 2 is 2.00 bits per heavy atom.